The maximum Gasteiger partial charge on any atom is 0.261 e. The molecule has 2 aromatic carbocycles. The topological polar surface area (TPSA) is 109 Å². The van der Waals surface area contributed by atoms with Gasteiger partial charge >= 0.3 is 0 Å². The van der Waals surface area contributed by atoms with Gasteiger partial charge in [-0.1, -0.05) is 25.7 Å². The number of hydrogen-bond donors (Lipinski definition) is 2. The van der Waals surface area contributed by atoms with Crippen LogP contribution < -0.4 is 15.1 Å². The number of halogens is 1. The number of phenols is 1. The van der Waals surface area contributed by atoms with Crippen LogP contribution in [0.1, 0.15) is 17.3 Å². The van der Waals surface area contributed by atoms with Crippen molar-refractivity contribution in [3.63, 3.8) is 0 Å². The van der Waals surface area contributed by atoms with Crippen LogP contribution in [-0.2, 0) is 11.5 Å². The lowest BCUT2D eigenvalue weighted by Gasteiger charge is -2.41. The van der Waals surface area contributed by atoms with Gasteiger partial charge in [-0.3, -0.25) is 14.3 Å². The molecule has 0 fully saturated rings. The van der Waals surface area contributed by atoms with Crippen LogP contribution in [0.2, 0.25) is 25.7 Å². The molecule has 39 heavy (non-hydrogen) atoms. The third-order valence-electron chi connectivity index (χ3n) is 6.62. The molecule has 0 spiro atoms. The Kier molecular flexibility index (Phi) is 7.23. The fraction of sp³-hybridized carbons (Fsp3) is 0.333. The van der Waals surface area contributed by atoms with Gasteiger partial charge in [-0.15, -0.1) is 0 Å². The second kappa shape index (κ2) is 10.6. The van der Waals surface area contributed by atoms with E-state index in [1.165, 1.54) is 35.5 Å². The zero-order valence-electron chi connectivity index (χ0n) is 22.4. The summed E-state index contributed by atoms with van der Waals surface area (Å²) in [4.78, 5) is 30.1. The Morgan fingerprint density at radius 2 is 1.97 bits per heavy atom. The summed E-state index contributed by atoms with van der Waals surface area (Å²) in [5, 5.41) is 13.4. The van der Waals surface area contributed by atoms with Gasteiger partial charge in [-0.2, -0.15) is 0 Å². The summed E-state index contributed by atoms with van der Waals surface area (Å²) < 4.78 is 21.9. The van der Waals surface area contributed by atoms with Crippen LogP contribution in [0.25, 0.3) is 11.2 Å². The number of carbonyl (C=O) groups is 1. The number of phenolic OH excluding ortho intramolecular Hbond substituents is 1. The molecule has 0 radical (unpaired) electrons. The van der Waals surface area contributed by atoms with Crippen molar-refractivity contribution in [3.05, 3.63) is 66.5 Å². The van der Waals surface area contributed by atoms with Gasteiger partial charge in [0.15, 0.2) is 17.0 Å². The third-order valence-corrected chi connectivity index (χ3v) is 8.32. The molecule has 0 bridgehead atoms. The van der Waals surface area contributed by atoms with E-state index in [4.69, 9.17) is 4.74 Å². The van der Waals surface area contributed by atoms with Crippen LogP contribution >= 0.6 is 0 Å². The summed E-state index contributed by atoms with van der Waals surface area (Å²) in [7, 11) is -1.19. The molecule has 4 aromatic rings. The highest BCUT2D eigenvalue weighted by molar-refractivity contribution is 6.76. The van der Waals surface area contributed by atoms with Crippen LogP contribution in [0.3, 0.4) is 0 Å². The van der Waals surface area contributed by atoms with Crippen molar-refractivity contribution in [1.29, 1.82) is 0 Å². The van der Waals surface area contributed by atoms with Gasteiger partial charge in [0, 0.05) is 26.4 Å². The standard InChI is InChI=1S/C27H32FN7O3Si/c1-18(32-25-24-26(30-14-29-25)33(15-31-24)17-38-10-11-39(2,3)4)34-16-35(20-6-5-7-21(36)13-20)27(37)22-12-19(28)8-9-23(22)34/h5-9,12-15,18,36H,10-11,16-17H2,1-4H3,(H,29,30,32). The Hall–Kier alpha value is -4.03. The lowest BCUT2D eigenvalue weighted by molar-refractivity contribution is 0.0895. The predicted molar refractivity (Wildman–Crippen MR) is 151 cm³/mol. The fourth-order valence-corrected chi connectivity index (χ4v) is 5.21. The Morgan fingerprint density at radius 3 is 2.74 bits per heavy atom. The van der Waals surface area contributed by atoms with Crippen molar-refractivity contribution < 1.29 is 19.0 Å². The number of hydrogen-bond acceptors (Lipinski definition) is 8. The van der Waals surface area contributed by atoms with Crippen molar-refractivity contribution in [2.24, 2.45) is 0 Å². The second-order valence-corrected chi connectivity index (χ2v) is 16.4. The SMILES string of the molecule is CC(Nc1ncnc2c1ncn2COCC[Si](C)(C)C)N1CN(c2cccc(O)c2)C(=O)c2cc(F)ccc21. The fourth-order valence-electron chi connectivity index (χ4n) is 4.46. The van der Waals surface area contributed by atoms with Crippen molar-refractivity contribution in [2.45, 2.75) is 45.5 Å². The van der Waals surface area contributed by atoms with Crippen molar-refractivity contribution in [3.8, 4) is 5.75 Å². The molecule has 0 aliphatic carbocycles. The first-order valence-electron chi connectivity index (χ1n) is 12.8. The Labute approximate surface area is 227 Å². The highest BCUT2D eigenvalue weighted by Gasteiger charge is 2.33. The molecular weight excluding hydrogens is 517 g/mol. The van der Waals surface area contributed by atoms with Crippen molar-refractivity contribution in [1.82, 2.24) is 19.5 Å². The second-order valence-electron chi connectivity index (χ2n) is 10.8. The van der Waals surface area contributed by atoms with Gasteiger partial charge in [0.1, 0.15) is 31.3 Å². The molecule has 1 amide bonds. The molecule has 3 heterocycles. The molecule has 1 aliphatic heterocycles. The number of imidazole rings is 1. The number of aromatic nitrogens is 4. The van der Waals surface area contributed by atoms with Gasteiger partial charge in [-0.25, -0.2) is 19.3 Å². The van der Waals surface area contributed by atoms with Crippen LogP contribution in [0.5, 0.6) is 5.75 Å². The van der Waals surface area contributed by atoms with Crippen molar-refractivity contribution in [2.75, 3.05) is 28.4 Å². The Bertz CT molecular complexity index is 1510. The zero-order valence-corrected chi connectivity index (χ0v) is 23.4. The summed E-state index contributed by atoms with van der Waals surface area (Å²) in [5.41, 5.74) is 2.56. The summed E-state index contributed by atoms with van der Waals surface area (Å²) in [6, 6.07) is 11.7. The monoisotopic (exact) mass is 549 g/mol. The number of nitrogens with one attached hydrogen (secondary N) is 1. The number of aromatic hydroxyl groups is 1. The molecular formula is C27H32FN7O3Si. The molecule has 2 aromatic heterocycles. The summed E-state index contributed by atoms with van der Waals surface area (Å²) in [6.45, 7) is 10.1. The van der Waals surface area contributed by atoms with Crippen LogP contribution in [0.4, 0.5) is 21.6 Å². The molecule has 2 N–H and O–H groups in total. The number of carbonyl (C=O) groups excluding carboxylic acids is 1. The maximum absolute atomic E-state index is 14.2. The number of nitrogens with zero attached hydrogens (tertiary/aromatic N) is 6. The quantitative estimate of drug-likeness (QED) is 0.225. The molecule has 1 atom stereocenters. The maximum atomic E-state index is 14.2. The van der Waals surface area contributed by atoms with E-state index in [-0.39, 0.29) is 30.1 Å². The van der Waals surface area contributed by atoms with E-state index in [1.807, 2.05) is 16.4 Å². The summed E-state index contributed by atoms with van der Waals surface area (Å²) in [5.74, 6) is -0.296. The van der Waals surface area contributed by atoms with E-state index < -0.39 is 13.9 Å². The van der Waals surface area contributed by atoms with Gasteiger partial charge < -0.3 is 20.1 Å². The number of rotatable bonds is 9. The molecule has 0 saturated heterocycles. The van der Waals surface area contributed by atoms with Crippen LogP contribution in [0.15, 0.2) is 55.1 Å². The number of anilines is 3. The lowest BCUT2D eigenvalue weighted by atomic mass is 10.1. The van der Waals surface area contributed by atoms with E-state index in [9.17, 15) is 14.3 Å². The van der Waals surface area contributed by atoms with Gasteiger partial charge in [0.2, 0.25) is 0 Å². The Balaban J connectivity index is 1.40. The summed E-state index contributed by atoms with van der Waals surface area (Å²) in [6.07, 6.45) is 2.78. The minimum Gasteiger partial charge on any atom is -0.508 e. The molecule has 204 valence electrons. The number of ether oxygens (including phenoxy) is 1. The molecule has 5 rings (SSSR count). The third kappa shape index (κ3) is 5.71. The Morgan fingerprint density at radius 1 is 1.15 bits per heavy atom. The lowest BCUT2D eigenvalue weighted by Crippen LogP contribution is -2.52. The molecule has 0 saturated carbocycles. The largest absolute Gasteiger partial charge is 0.508 e. The van der Waals surface area contributed by atoms with Crippen LogP contribution in [0, 0.1) is 5.82 Å². The first kappa shape index (κ1) is 26.6. The average molecular weight is 550 g/mol. The van der Waals surface area contributed by atoms with Gasteiger partial charge in [-0.05, 0) is 43.3 Å². The van der Waals surface area contributed by atoms with E-state index in [0.29, 0.717) is 41.7 Å². The van der Waals surface area contributed by atoms with Crippen molar-refractivity contribution >= 4 is 42.3 Å². The predicted octanol–water partition coefficient (Wildman–Crippen LogP) is 4.87. The number of amides is 1. The number of benzene rings is 2. The van der Waals surface area contributed by atoms with E-state index in [2.05, 4.69) is 39.9 Å². The number of fused-ring (bicyclic) bond motifs is 2. The molecule has 10 nitrogen and oxygen atoms in total. The molecule has 1 unspecified atom stereocenters. The van der Waals surface area contributed by atoms with Crippen LogP contribution in [-0.4, -0.2) is 58.0 Å². The molecule has 12 heteroatoms. The highest BCUT2D eigenvalue weighted by atomic mass is 28.3. The van der Waals surface area contributed by atoms with E-state index in [1.54, 1.807) is 24.5 Å². The normalized spacial score (nSPS) is 14.5. The van der Waals surface area contributed by atoms with Gasteiger partial charge in [0.05, 0.1) is 23.7 Å². The minimum atomic E-state index is -1.19. The molecule has 1 aliphatic rings. The summed E-state index contributed by atoms with van der Waals surface area (Å²) >= 11 is 0. The first-order chi connectivity index (χ1) is 18.6. The minimum absolute atomic E-state index is 0.0338. The highest BCUT2D eigenvalue weighted by Crippen LogP contribution is 2.34. The average Bonchev–Trinajstić information content (AvgIpc) is 3.30. The van der Waals surface area contributed by atoms with E-state index >= 15 is 0 Å². The zero-order chi connectivity index (χ0) is 27.7. The van der Waals surface area contributed by atoms with E-state index in [0.717, 1.165) is 6.04 Å². The van der Waals surface area contributed by atoms with Gasteiger partial charge in [0.25, 0.3) is 5.91 Å². The first-order valence-corrected chi connectivity index (χ1v) is 16.5. The smallest absolute Gasteiger partial charge is 0.261 e.